The Balaban J connectivity index is 2.48. The molecule has 3 N–H and O–H groups in total. The first-order valence-corrected chi connectivity index (χ1v) is 5.08. The maximum Gasteiger partial charge on any atom is 0.251 e. The Morgan fingerprint density at radius 2 is 2.27 bits per heavy atom. The van der Waals surface area contributed by atoms with Crippen molar-refractivity contribution in [2.45, 2.75) is 25.8 Å². The Bertz CT molecular complexity index is 449. The van der Waals surface area contributed by atoms with E-state index in [1.54, 1.807) is 10.8 Å². The Morgan fingerprint density at radius 3 is 2.87 bits per heavy atom. The molecule has 0 radical (unpaired) electrons. The van der Waals surface area contributed by atoms with Gasteiger partial charge in [-0.25, -0.2) is 0 Å². The molecular formula is C9H13N3O2S. The molecule has 1 heterocycles. The van der Waals surface area contributed by atoms with Gasteiger partial charge < -0.3 is 10.3 Å². The van der Waals surface area contributed by atoms with Gasteiger partial charge in [0.25, 0.3) is 5.56 Å². The van der Waals surface area contributed by atoms with Gasteiger partial charge >= 0.3 is 0 Å². The van der Waals surface area contributed by atoms with Gasteiger partial charge in [0, 0.05) is 25.2 Å². The molecule has 6 heteroatoms. The minimum Gasteiger partial charge on any atom is -0.370 e. The second-order valence-corrected chi connectivity index (χ2v) is 3.61. The Kier molecular flexibility index (Phi) is 4.23. The number of carbonyl (C=O) groups is 1. The summed E-state index contributed by atoms with van der Waals surface area (Å²) in [5.41, 5.74) is 4.81. The molecule has 0 spiro atoms. The van der Waals surface area contributed by atoms with Crippen LogP contribution in [0.15, 0.2) is 17.1 Å². The third-order valence-electron chi connectivity index (χ3n) is 1.97. The predicted octanol–water partition coefficient (Wildman–Crippen LogP) is 0.561. The summed E-state index contributed by atoms with van der Waals surface area (Å²) >= 11 is 4.96. The number of primary amides is 1. The van der Waals surface area contributed by atoms with Crippen molar-refractivity contribution in [3.05, 3.63) is 27.4 Å². The summed E-state index contributed by atoms with van der Waals surface area (Å²) < 4.78 is 2.17. The second-order valence-electron chi connectivity index (χ2n) is 3.23. The molecule has 82 valence electrons. The van der Waals surface area contributed by atoms with Crippen molar-refractivity contribution in [1.29, 1.82) is 0 Å². The van der Waals surface area contributed by atoms with Crippen LogP contribution in [0.4, 0.5) is 0 Å². The molecule has 0 aromatic carbocycles. The largest absolute Gasteiger partial charge is 0.370 e. The lowest BCUT2D eigenvalue weighted by Gasteiger charge is -2.04. The van der Waals surface area contributed by atoms with Gasteiger partial charge in [0.2, 0.25) is 5.91 Å². The van der Waals surface area contributed by atoms with Crippen LogP contribution in [0.2, 0.25) is 0 Å². The van der Waals surface area contributed by atoms with Crippen molar-refractivity contribution in [1.82, 2.24) is 9.55 Å². The van der Waals surface area contributed by atoms with Crippen molar-refractivity contribution in [2.75, 3.05) is 0 Å². The zero-order valence-electron chi connectivity index (χ0n) is 8.23. The highest BCUT2D eigenvalue weighted by molar-refractivity contribution is 7.71. The van der Waals surface area contributed by atoms with E-state index in [1.807, 2.05) is 0 Å². The molecule has 0 fully saturated rings. The van der Waals surface area contributed by atoms with Crippen molar-refractivity contribution in [3.63, 3.8) is 0 Å². The summed E-state index contributed by atoms with van der Waals surface area (Å²) in [6.07, 6.45) is 3.57. The van der Waals surface area contributed by atoms with Gasteiger partial charge in [-0.1, -0.05) is 0 Å². The van der Waals surface area contributed by atoms with E-state index in [9.17, 15) is 9.59 Å². The summed E-state index contributed by atoms with van der Waals surface area (Å²) in [4.78, 5) is 23.9. The first-order valence-electron chi connectivity index (χ1n) is 4.67. The summed E-state index contributed by atoms with van der Waals surface area (Å²) in [6.45, 7) is 0.683. The Labute approximate surface area is 91.9 Å². The number of nitrogens with zero attached hydrogens (tertiary/aromatic N) is 1. The van der Waals surface area contributed by atoms with Crippen LogP contribution >= 0.6 is 12.2 Å². The number of hydrogen-bond donors (Lipinski definition) is 2. The van der Waals surface area contributed by atoms with Crippen LogP contribution in [0, 0.1) is 4.77 Å². The fourth-order valence-corrected chi connectivity index (χ4v) is 1.45. The first-order chi connectivity index (χ1) is 7.09. The summed E-state index contributed by atoms with van der Waals surface area (Å²) in [6, 6.07) is 1.42. The SMILES string of the molecule is NC(=O)CCCCn1ccc(=O)[nH]c1=S. The van der Waals surface area contributed by atoms with E-state index in [4.69, 9.17) is 18.0 Å². The molecule has 0 bridgehead atoms. The number of H-pyrrole nitrogens is 1. The smallest absolute Gasteiger partial charge is 0.251 e. The molecule has 0 aliphatic rings. The minimum absolute atomic E-state index is 0.201. The quantitative estimate of drug-likeness (QED) is 0.569. The van der Waals surface area contributed by atoms with Crippen molar-refractivity contribution >= 4 is 18.1 Å². The van der Waals surface area contributed by atoms with Gasteiger partial charge in [-0.3, -0.25) is 14.6 Å². The van der Waals surface area contributed by atoms with Crippen LogP contribution in [0.1, 0.15) is 19.3 Å². The number of aryl methyl sites for hydroxylation is 1. The van der Waals surface area contributed by atoms with E-state index in [0.717, 1.165) is 12.8 Å². The molecule has 0 atom stereocenters. The number of aromatic nitrogens is 2. The zero-order chi connectivity index (χ0) is 11.3. The molecule has 15 heavy (non-hydrogen) atoms. The highest BCUT2D eigenvalue weighted by atomic mass is 32.1. The highest BCUT2D eigenvalue weighted by Gasteiger charge is 1.96. The average molecular weight is 227 g/mol. The van der Waals surface area contributed by atoms with Gasteiger partial charge in [-0.2, -0.15) is 0 Å². The molecule has 0 unspecified atom stereocenters. The normalized spacial score (nSPS) is 10.1. The molecule has 0 saturated heterocycles. The minimum atomic E-state index is -0.292. The first kappa shape index (κ1) is 11.6. The average Bonchev–Trinajstić information content (AvgIpc) is 2.14. The lowest BCUT2D eigenvalue weighted by molar-refractivity contribution is -0.118. The van der Waals surface area contributed by atoms with E-state index in [0.29, 0.717) is 17.7 Å². The van der Waals surface area contributed by atoms with Gasteiger partial charge in [0.15, 0.2) is 4.77 Å². The van der Waals surface area contributed by atoms with Crippen molar-refractivity contribution in [3.8, 4) is 0 Å². The number of amides is 1. The molecule has 1 rings (SSSR count). The molecule has 1 aromatic heterocycles. The highest BCUT2D eigenvalue weighted by Crippen LogP contribution is 1.98. The van der Waals surface area contributed by atoms with E-state index < -0.39 is 0 Å². The third kappa shape index (κ3) is 4.07. The number of aromatic amines is 1. The van der Waals surface area contributed by atoms with Crippen LogP contribution in [0.5, 0.6) is 0 Å². The predicted molar refractivity (Wildman–Crippen MR) is 58.9 cm³/mol. The summed E-state index contributed by atoms with van der Waals surface area (Å²) in [5.74, 6) is -0.292. The summed E-state index contributed by atoms with van der Waals surface area (Å²) in [5, 5.41) is 0. The number of rotatable bonds is 5. The van der Waals surface area contributed by atoms with Crippen LogP contribution < -0.4 is 11.3 Å². The molecular weight excluding hydrogens is 214 g/mol. The van der Waals surface area contributed by atoms with E-state index in [1.165, 1.54) is 6.07 Å². The second kappa shape index (κ2) is 5.45. The molecule has 0 saturated carbocycles. The van der Waals surface area contributed by atoms with Gasteiger partial charge in [0.1, 0.15) is 0 Å². The molecule has 0 aliphatic carbocycles. The number of hydrogen-bond acceptors (Lipinski definition) is 3. The van der Waals surface area contributed by atoms with E-state index in [2.05, 4.69) is 4.98 Å². The Hall–Kier alpha value is -1.43. The number of carbonyl (C=O) groups excluding carboxylic acids is 1. The molecule has 1 aromatic rings. The topological polar surface area (TPSA) is 80.9 Å². The summed E-state index contributed by atoms with van der Waals surface area (Å²) in [7, 11) is 0. The molecule has 1 amide bonds. The van der Waals surface area contributed by atoms with E-state index in [-0.39, 0.29) is 11.5 Å². The van der Waals surface area contributed by atoms with Gasteiger partial charge in [0.05, 0.1) is 0 Å². The lowest BCUT2D eigenvalue weighted by atomic mass is 10.2. The Morgan fingerprint density at radius 1 is 1.53 bits per heavy atom. The number of nitrogens with one attached hydrogen (secondary N) is 1. The van der Waals surface area contributed by atoms with Gasteiger partial charge in [-0.05, 0) is 25.1 Å². The van der Waals surface area contributed by atoms with Crippen LogP contribution in [-0.4, -0.2) is 15.5 Å². The van der Waals surface area contributed by atoms with Gasteiger partial charge in [-0.15, -0.1) is 0 Å². The fraction of sp³-hybridized carbons (Fsp3) is 0.444. The van der Waals surface area contributed by atoms with Crippen molar-refractivity contribution in [2.24, 2.45) is 5.73 Å². The van der Waals surface area contributed by atoms with Crippen LogP contribution in [0.25, 0.3) is 0 Å². The fourth-order valence-electron chi connectivity index (χ4n) is 1.20. The van der Waals surface area contributed by atoms with E-state index >= 15 is 0 Å². The standard InChI is InChI=1S/C9H13N3O2S/c10-7(13)3-1-2-5-12-6-4-8(14)11-9(12)15/h4,6H,1-3,5H2,(H2,10,13)(H,11,14,15). The number of unbranched alkanes of at least 4 members (excludes halogenated alkanes) is 1. The maximum atomic E-state index is 10.9. The lowest BCUT2D eigenvalue weighted by Crippen LogP contribution is -2.12. The third-order valence-corrected chi connectivity index (χ3v) is 2.31. The molecule has 0 aliphatic heterocycles. The zero-order valence-corrected chi connectivity index (χ0v) is 9.05. The van der Waals surface area contributed by atoms with Crippen molar-refractivity contribution < 1.29 is 4.79 Å². The number of nitrogens with two attached hydrogens (primary N) is 1. The van der Waals surface area contributed by atoms with Crippen LogP contribution in [0.3, 0.4) is 0 Å². The maximum absolute atomic E-state index is 10.9. The monoisotopic (exact) mass is 227 g/mol. The van der Waals surface area contributed by atoms with Crippen LogP contribution in [-0.2, 0) is 11.3 Å². The molecule has 5 nitrogen and oxygen atoms in total.